The first-order valence-electron chi connectivity index (χ1n) is 6.40. The molecule has 0 saturated heterocycles. The SMILES string of the molecule is CC(=O)Nc1cccc(C(=O)C=Cc2ccc(Cl)cc2)c1. The van der Waals surface area contributed by atoms with E-state index in [0.717, 1.165) is 5.56 Å². The van der Waals surface area contributed by atoms with Crippen molar-refractivity contribution < 1.29 is 9.59 Å². The van der Waals surface area contributed by atoms with Gasteiger partial charge in [0.2, 0.25) is 5.91 Å². The third-order valence-corrected chi connectivity index (χ3v) is 3.02. The first-order valence-corrected chi connectivity index (χ1v) is 6.78. The van der Waals surface area contributed by atoms with Crippen LogP contribution in [0.25, 0.3) is 6.08 Å². The molecule has 1 amide bonds. The van der Waals surface area contributed by atoms with Crippen molar-refractivity contribution in [1.82, 2.24) is 0 Å². The summed E-state index contributed by atoms with van der Waals surface area (Å²) in [6, 6.07) is 14.0. The Hall–Kier alpha value is -2.39. The highest BCUT2D eigenvalue weighted by Crippen LogP contribution is 2.14. The Kier molecular flexibility index (Phi) is 4.90. The molecule has 1 N–H and O–H groups in total. The summed E-state index contributed by atoms with van der Waals surface area (Å²) < 4.78 is 0. The molecule has 0 bridgehead atoms. The summed E-state index contributed by atoms with van der Waals surface area (Å²) in [7, 11) is 0. The van der Waals surface area contributed by atoms with Crippen LogP contribution in [0.4, 0.5) is 5.69 Å². The lowest BCUT2D eigenvalue weighted by Gasteiger charge is -2.03. The van der Waals surface area contributed by atoms with Gasteiger partial charge in [-0.25, -0.2) is 0 Å². The molecule has 0 radical (unpaired) electrons. The summed E-state index contributed by atoms with van der Waals surface area (Å²) >= 11 is 5.80. The Bertz CT molecular complexity index is 690. The number of rotatable bonds is 4. The maximum Gasteiger partial charge on any atom is 0.221 e. The zero-order valence-electron chi connectivity index (χ0n) is 11.5. The van der Waals surface area contributed by atoms with Gasteiger partial charge < -0.3 is 5.32 Å². The van der Waals surface area contributed by atoms with Crippen molar-refractivity contribution in [2.75, 3.05) is 5.32 Å². The highest BCUT2D eigenvalue weighted by atomic mass is 35.5. The minimum atomic E-state index is -0.170. The predicted molar refractivity (Wildman–Crippen MR) is 85.6 cm³/mol. The number of anilines is 1. The maximum absolute atomic E-state index is 12.1. The van der Waals surface area contributed by atoms with Gasteiger partial charge in [-0.05, 0) is 35.9 Å². The van der Waals surface area contributed by atoms with Gasteiger partial charge in [0.1, 0.15) is 0 Å². The van der Waals surface area contributed by atoms with Crippen molar-refractivity contribution in [3.63, 3.8) is 0 Å². The lowest BCUT2D eigenvalue weighted by Crippen LogP contribution is -2.06. The van der Waals surface area contributed by atoms with E-state index in [9.17, 15) is 9.59 Å². The van der Waals surface area contributed by atoms with Gasteiger partial charge in [-0.3, -0.25) is 9.59 Å². The third kappa shape index (κ3) is 4.58. The lowest BCUT2D eigenvalue weighted by molar-refractivity contribution is -0.114. The van der Waals surface area contributed by atoms with E-state index in [-0.39, 0.29) is 11.7 Å². The minimum Gasteiger partial charge on any atom is -0.326 e. The molecule has 0 aromatic heterocycles. The van der Waals surface area contributed by atoms with Gasteiger partial charge in [-0.15, -0.1) is 0 Å². The van der Waals surface area contributed by atoms with Crippen LogP contribution in [-0.4, -0.2) is 11.7 Å². The molecule has 0 unspecified atom stereocenters. The molecule has 0 fully saturated rings. The van der Waals surface area contributed by atoms with Crippen molar-refractivity contribution in [3.05, 3.63) is 70.8 Å². The molecule has 2 rings (SSSR count). The normalized spacial score (nSPS) is 10.6. The number of carbonyl (C=O) groups is 2. The molecule has 0 aliphatic carbocycles. The van der Waals surface area contributed by atoms with Crippen LogP contribution >= 0.6 is 11.6 Å². The molecule has 0 atom stereocenters. The first kappa shape index (κ1) is 15.0. The van der Waals surface area contributed by atoms with E-state index in [1.54, 1.807) is 42.5 Å². The van der Waals surface area contributed by atoms with Crippen molar-refractivity contribution in [3.8, 4) is 0 Å². The smallest absolute Gasteiger partial charge is 0.221 e. The monoisotopic (exact) mass is 299 g/mol. The van der Waals surface area contributed by atoms with Crippen molar-refractivity contribution in [2.45, 2.75) is 6.92 Å². The maximum atomic E-state index is 12.1. The Morgan fingerprint density at radius 2 is 1.81 bits per heavy atom. The molecule has 0 spiro atoms. The van der Waals surface area contributed by atoms with Crippen LogP contribution < -0.4 is 5.32 Å². The topological polar surface area (TPSA) is 46.2 Å². The highest BCUT2D eigenvalue weighted by Gasteiger charge is 2.03. The molecule has 0 saturated carbocycles. The largest absolute Gasteiger partial charge is 0.326 e. The highest BCUT2D eigenvalue weighted by molar-refractivity contribution is 6.30. The molecule has 0 aliphatic rings. The van der Waals surface area contributed by atoms with Crippen molar-refractivity contribution in [1.29, 1.82) is 0 Å². The van der Waals surface area contributed by atoms with Crippen LogP contribution in [0.2, 0.25) is 5.02 Å². The van der Waals surface area contributed by atoms with Crippen LogP contribution in [0.3, 0.4) is 0 Å². The zero-order chi connectivity index (χ0) is 15.2. The quantitative estimate of drug-likeness (QED) is 0.679. The fourth-order valence-electron chi connectivity index (χ4n) is 1.80. The molecule has 0 heterocycles. The van der Waals surface area contributed by atoms with Gasteiger partial charge >= 0.3 is 0 Å². The van der Waals surface area contributed by atoms with Crippen LogP contribution in [0.15, 0.2) is 54.6 Å². The summed E-state index contributed by atoms with van der Waals surface area (Å²) in [5.41, 5.74) is 2.02. The van der Waals surface area contributed by atoms with E-state index in [2.05, 4.69) is 5.32 Å². The number of halogens is 1. The molecule has 2 aromatic carbocycles. The summed E-state index contributed by atoms with van der Waals surface area (Å²) in [5, 5.41) is 3.30. The molecular weight excluding hydrogens is 286 g/mol. The fourth-order valence-corrected chi connectivity index (χ4v) is 1.92. The summed E-state index contributed by atoms with van der Waals surface area (Å²) in [6.45, 7) is 1.43. The van der Waals surface area contributed by atoms with E-state index in [1.807, 2.05) is 12.1 Å². The summed E-state index contributed by atoms with van der Waals surface area (Å²) in [5.74, 6) is -0.298. The molecule has 106 valence electrons. The predicted octanol–water partition coefficient (Wildman–Crippen LogP) is 4.19. The second-order valence-electron chi connectivity index (χ2n) is 4.51. The molecule has 2 aromatic rings. The number of benzene rings is 2. The van der Waals surface area contributed by atoms with Crippen LogP contribution in [-0.2, 0) is 4.79 Å². The molecular formula is C17H14ClNO2. The van der Waals surface area contributed by atoms with E-state index in [4.69, 9.17) is 11.6 Å². The molecule has 3 nitrogen and oxygen atoms in total. The number of ketones is 1. The fraction of sp³-hybridized carbons (Fsp3) is 0.0588. The molecule has 0 aliphatic heterocycles. The summed E-state index contributed by atoms with van der Waals surface area (Å²) in [4.78, 5) is 23.1. The van der Waals surface area contributed by atoms with Gasteiger partial charge in [0.25, 0.3) is 0 Å². The van der Waals surface area contributed by atoms with E-state index in [1.165, 1.54) is 13.0 Å². The Morgan fingerprint density at radius 1 is 1.10 bits per heavy atom. The number of carbonyl (C=O) groups excluding carboxylic acids is 2. The van der Waals surface area contributed by atoms with E-state index >= 15 is 0 Å². The van der Waals surface area contributed by atoms with Gasteiger partial charge in [-0.1, -0.05) is 41.9 Å². The third-order valence-electron chi connectivity index (χ3n) is 2.76. The average Bonchev–Trinajstić information content (AvgIpc) is 2.46. The summed E-state index contributed by atoms with van der Waals surface area (Å²) in [6.07, 6.45) is 3.22. The number of hydrogen-bond donors (Lipinski definition) is 1. The van der Waals surface area contributed by atoms with Gasteiger partial charge in [0, 0.05) is 23.2 Å². The zero-order valence-corrected chi connectivity index (χ0v) is 12.2. The van der Waals surface area contributed by atoms with Gasteiger partial charge in [-0.2, -0.15) is 0 Å². The number of amides is 1. The average molecular weight is 300 g/mol. The first-order chi connectivity index (χ1) is 10.0. The lowest BCUT2D eigenvalue weighted by atomic mass is 10.1. The van der Waals surface area contributed by atoms with Crippen LogP contribution in [0, 0.1) is 0 Å². The van der Waals surface area contributed by atoms with Gasteiger partial charge in [0.05, 0.1) is 0 Å². The number of allylic oxidation sites excluding steroid dienone is 1. The van der Waals surface area contributed by atoms with E-state index < -0.39 is 0 Å². The van der Waals surface area contributed by atoms with Crippen LogP contribution in [0.1, 0.15) is 22.8 Å². The minimum absolute atomic E-state index is 0.128. The van der Waals surface area contributed by atoms with Gasteiger partial charge in [0.15, 0.2) is 5.78 Å². The Balaban J connectivity index is 2.12. The standard InChI is InChI=1S/C17H14ClNO2/c1-12(20)19-16-4-2-3-14(11-16)17(21)10-7-13-5-8-15(18)9-6-13/h2-11H,1H3,(H,19,20). The Morgan fingerprint density at radius 3 is 2.48 bits per heavy atom. The number of hydrogen-bond acceptors (Lipinski definition) is 2. The van der Waals surface area contributed by atoms with Crippen LogP contribution in [0.5, 0.6) is 0 Å². The Labute approximate surface area is 128 Å². The number of nitrogens with one attached hydrogen (secondary N) is 1. The second kappa shape index (κ2) is 6.86. The van der Waals surface area contributed by atoms with Crippen molar-refractivity contribution in [2.24, 2.45) is 0 Å². The molecule has 4 heteroatoms. The van der Waals surface area contributed by atoms with E-state index in [0.29, 0.717) is 16.3 Å². The second-order valence-corrected chi connectivity index (χ2v) is 4.95. The van der Waals surface area contributed by atoms with Crippen molar-refractivity contribution >= 4 is 35.1 Å². The molecule has 21 heavy (non-hydrogen) atoms.